The molecule has 3 rings (SSSR count). The van der Waals surface area contributed by atoms with Crippen LogP contribution >= 0.6 is 34.8 Å². The van der Waals surface area contributed by atoms with E-state index < -0.39 is 5.91 Å². The second-order valence-electron chi connectivity index (χ2n) is 7.41. The lowest BCUT2D eigenvalue weighted by Crippen LogP contribution is -2.20. The van der Waals surface area contributed by atoms with Crippen LogP contribution in [0.5, 0.6) is 5.75 Å². The summed E-state index contributed by atoms with van der Waals surface area (Å²) >= 11 is 18.2. The molecule has 0 bridgehead atoms. The van der Waals surface area contributed by atoms with Gasteiger partial charge < -0.3 is 10.1 Å². The average molecular weight is 519 g/mol. The largest absolute Gasteiger partial charge is 0.488 e. The van der Waals surface area contributed by atoms with Crippen LogP contribution in [-0.2, 0) is 16.2 Å². The maximum Gasteiger partial charge on any atom is 0.240 e. The number of carbonyl (C=O) groups excluding carboxylic acids is 2. The van der Waals surface area contributed by atoms with Crippen molar-refractivity contribution in [2.75, 3.05) is 5.32 Å². The minimum atomic E-state index is -0.396. The lowest BCUT2D eigenvalue weighted by Gasteiger charge is -2.11. The van der Waals surface area contributed by atoms with E-state index in [4.69, 9.17) is 39.5 Å². The highest BCUT2D eigenvalue weighted by molar-refractivity contribution is 6.35. The van der Waals surface area contributed by atoms with Gasteiger partial charge in [0.2, 0.25) is 11.8 Å². The number of halogens is 3. The standard InChI is InChI=1S/C25H22Cl3N3O3/c1-16-2-7-21(8-3-16)30-24(32)10-11-25(33)31-29-14-18-12-19(26)6-9-23(18)34-15-17-4-5-20(27)13-22(17)28/h2-9,12-14H,10-11,15H2,1H3,(H,30,32)(H,31,33). The molecule has 6 nitrogen and oxygen atoms in total. The average Bonchev–Trinajstić information content (AvgIpc) is 2.80. The van der Waals surface area contributed by atoms with Crippen molar-refractivity contribution in [3.8, 4) is 5.75 Å². The number of benzene rings is 3. The third-order valence-corrected chi connectivity index (χ3v) is 5.50. The predicted molar refractivity (Wildman–Crippen MR) is 137 cm³/mol. The van der Waals surface area contributed by atoms with Crippen LogP contribution < -0.4 is 15.5 Å². The summed E-state index contributed by atoms with van der Waals surface area (Å²) in [6.45, 7) is 2.17. The topological polar surface area (TPSA) is 79.8 Å². The molecule has 0 saturated carbocycles. The van der Waals surface area contributed by atoms with Crippen molar-refractivity contribution in [1.29, 1.82) is 0 Å². The number of ether oxygens (including phenoxy) is 1. The summed E-state index contributed by atoms with van der Waals surface area (Å²) < 4.78 is 5.86. The SMILES string of the molecule is Cc1ccc(NC(=O)CCC(=O)NN=Cc2cc(Cl)ccc2OCc2ccc(Cl)cc2Cl)cc1. The van der Waals surface area contributed by atoms with Crippen LogP contribution in [0.15, 0.2) is 65.8 Å². The molecule has 0 aliphatic rings. The van der Waals surface area contributed by atoms with Gasteiger partial charge in [0.15, 0.2) is 0 Å². The zero-order valence-electron chi connectivity index (χ0n) is 18.3. The molecule has 2 N–H and O–H groups in total. The van der Waals surface area contributed by atoms with Gasteiger partial charge in [-0.1, -0.05) is 58.6 Å². The van der Waals surface area contributed by atoms with Crippen molar-refractivity contribution in [2.45, 2.75) is 26.4 Å². The van der Waals surface area contributed by atoms with E-state index >= 15 is 0 Å². The molecule has 3 aromatic carbocycles. The number of amides is 2. The third-order valence-electron chi connectivity index (χ3n) is 4.68. The van der Waals surface area contributed by atoms with Gasteiger partial charge in [0, 0.05) is 44.7 Å². The predicted octanol–water partition coefficient (Wildman–Crippen LogP) is 6.40. The minimum absolute atomic E-state index is 0.0109. The normalized spacial score (nSPS) is 10.8. The maximum atomic E-state index is 12.1. The Kier molecular flexibility index (Phi) is 9.33. The van der Waals surface area contributed by atoms with Gasteiger partial charge >= 0.3 is 0 Å². The molecule has 34 heavy (non-hydrogen) atoms. The molecule has 0 atom stereocenters. The Bertz CT molecular complexity index is 1200. The molecular weight excluding hydrogens is 497 g/mol. The number of rotatable bonds is 9. The van der Waals surface area contributed by atoms with Gasteiger partial charge in [0.25, 0.3) is 0 Å². The zero-order valence-corrected chi connectivity index (χ0v) is 20.5. The van der Waals surface area contributed by atoms with Gasteiger partial charge in [-0.15, -0.1) is 0 Å². The van der Waals surface area contributed by atoms with E-state index in [1.165, 1.54) is 6.21 Å². The van der Waals surface area contributed by atoms with Crippen molar-refractivity contribution >= 4 is 58.5 Å². The summed E-state index contributed by atoms with van der Waals surface area (Å²) in [7, 11) is 0. The minimum Gasteiger partial charge on any atom is -0.488 e. The van der Waals surface area contributed by atoms with E-state index in [2.05, 4.69) is 15.8 Å². The number of hydrazone groups is 1. The summed E-state index contributed by atoms with van der Waals surface area (Å²) in [5.41, 5.74) is 5.52. The Morgan fingerprint density at radius 2 is 1.59 bits per heavy atom. The third kappa shape index (κ3) is 8.06. The molecular formula is C25H22Cl3N3O3. The maximum absolute atomic E-state index is 12.1. The first-order chi connectivity index (χ1) is 16.3. The quantitative estimate of drug-likeness (QED) is 0.254. The van der Waals surface area contributed by atoms with Gasteiger partial charge in [-0.3, -0.25) is 9.59 Å². The van der Waals surface area contributed by atoms with E-state index in [1.807, 2.05) is 31.2 Å². The highest BCUT2D eigenvalue weighted by Gasteiger charge is 2.09. The molecule has 176 valence electrons. The number of hydrogen-bond acceptors (Lipinski definition) is 4. The zero-order chi connectivity index (χ0) is 24.5. The Morgan fingerprint density at radius 1 is 0.912 bits per heavy atom. The second kappa shape index (κ2) is 12.4. The molecule has 0 unspecified atom stereocenters. The van der Waals surface area contributed by atoms with Crippen LogP contribution in [-0.4, -0.2) is 18.0 Å². The van der Waals surface area contributed by atoms with Crippen molar-refractivity contribution in [2.24, 2.45) is 5.10 Å². The van der Waals surface area contributed by atoms with Gasteiger partial charge in [0.05, 0.1) is 6.21 Å². The molecule has 0 radical (unpaired) electrons. The fraction of sp³-hybridized carbons (Fsp3) is 0.160. The molecule has 9 heteroatoms. The summed E-state index contributed by atoms with van der Waals surface area (Å²) in [5, 5.41) is 8.23. The Hall–Kier alpha value is -3.06. The van der Waals surface area contributed by atoms with Crippen molar-refractivity contribution < 1.29 is 14.3 Å². The van der Waals surface area contributed by atoms with Crippen LogP contribution in [0.25, 0.3) is 0 Å². The number of nitrogens with zero attached hydrogens (tertiary/aromatic N) is 1. The molecule has 3 aromatic rings. The van der Waals surface area contributed by atoms with E-state index in [0.29, 0.717) is 32.1 Å². The molecule has 0 heterocycles. The second-order valence-corrected chi connectivity index (χ2v) is 8.69. The first-order valence-electron chi connectivity index (χ1n) is 10.3. The molecule has 0 aliphatic carbocycles. The van der Waals surface area contributed by atoms with Gasteiger partial charge in [-0.05, 0) is 49.4 Å². The first kappa shape index (κ1) is 25.6. The van der Waals surface area contributed by atoms with E-state index in [1.54, 1.807) is 36.4 Å². The van der Waals surface area contributed by atoms with Crippen LogP contribution in [0.1, 0.15) is 29.5 Å². The summed E-state index contributed by atoms with van der Waals surface area (Å²) in [6, 6.07) is 17.6. The highest BCUT2D eigenvalue weighted by Crippen LogP contribution is 2.25. The number of aryl methyl sites for hydroxylation is 1. The number of carbonyl (C=O) groups is 2. The Morgan fingerprint density at radius 3 is 2.32 bits per heavy atom. The lowest BCUT2D eigenvalue weighted by molar-refractivity contribution is -0.124. The molecule has 0 saturated heterocycles. The number of nitrogens with one attached hydrogen (secondary N) is 2. The monoisotopic (exact) mass is 517 g/mol. The number of hydrogen-bond donors (Lipinski definition) is 2. The van der Waals surface area contributed by atoms with E-state index in [9.17, 15) is 9.59 Å². The smallest absolute Gasteiger partial charge is 0.240 e. The molecule has 2 amide bonds. The van der Waals surface area contributed by atoms with Crippen LogP contribution in [0.2, 0.25) is 15.1 Å². The van der Waals surface area contributed by atoms with Crippen LogP contribution in [0, 0.1) is 6.92 Å². The lowest BCUT2D eigenvalue weighted by atomic mass is 10.2. The van der Waals surface area contributed by atoms with Crippen LogP contribution in [0.3, 0.4) is 0 Å². The molecule has 0 aromatic heterocycles. The molecule has 0 fully saturated rings. The summed E-state index contributed by atoms with van der Waals surface area (Å²) in [4.78, 5) is 24.1. The Labute approximate surface area is 212 Å². The number of anilines is 1. The van der Waals surface area contributed by atoms with E-state index in [-0.39, 0.29) is 25.4 Å². The van der Waals surface area contributed by atoms with Gasteiger partial charge in [0.1, 0.15) is 12.4 Å². The fourth-order valence-corrected chi connectivity index (χ4v) is 3.51. The highest BCUT2D eigenvalue weighted by atomic mass is 35.5. The van der Waals surface area contributed by atoms with Crippen molar-refractivity contribution in [1.82, 2.24) is 5.43 Å². The molecule has 0 spiro atoms. The summed E-state index contributed by atoms with van der Waals surface area (Å²) in [6.07, 6.45) is 1.45. The first-order valence-corrected chi connectivity index (χ1v) is 11.5. The van der Waals surface area contributed by atoms with Crippen LogP contribution in [0.4, 0.5) is 5.69 Å². The Balaban J connectivity index is 1.52. The fourth-order valence-electron chi connectivity index (χ4n) is 2.86. The summed E-state index contributed by atoms with van der Waals surface area (Å²) in [5.74, 6) is -0.145. The van der Waals surface area contributed by atoms with Gasteiger partial charge in [-0.25, -0.2) is 5.43 Å². The van der Waals surface area contributed by atoms with Gasteiger partial charge in [-0.2, -0.15) is 5.10 Å². The van der Waals surface area contributed by atoms with E-state index in [0.717, 1.165) is 11.1 Å². The van der Waals surface area contributed by atoms with Crippen molar-refractivity contribution in [3.63, 3.8) is 0 Å². The molecule has 0 aliphatic heterocycles. The van der Waals surface area contributed by atoms with Crippen molar-refractivity contribution in [3.05, 3.63) is 92.4 Å².